The molecule has 3 rings (SSSR count). The molecule has 1 aliphatic rings. The van der Waals surface area contributed by atoms with Crippen LogP contribution < -0.4 is 5.73 Å². The number of benzene rings is 1. The van der Waals surface area contributed by atoms with Crippen molar-refractivity contribution in [1.82, 2.24) is 19.9 Å². The minimum absolute atomic E-state index is 0.131. The molecule has 0 radical (unpaired) electrons. The first-order chi connectivity index (χ1) is 11.6. The molecule has 0 spiro atoms. The van der Waals surface area contributed by atoms with E-state index in [2.05, 4.69) is 21.5 Å². The summed E-state index contributed by atoms with van der Waals surface area (Å²) in [6.07, 6.45) is 2.64. The zero-order valence-corrected chi connectivity index (χ0v) is 13.6. The maximum absolute atomic E-state index is 12.1. The Bertz CT molecular complexity index is 783. The van der Waals surface area contributed by atoms with Gasteiger partial charge in [0.25, 0.3) is 0 Å². The number of carbonyl (C=O) groups is 1. The molecule has 1 aromatic heterocycles. The van der Waals surface area contributed by atoms with E-state index in [-0.39, 0.29) is 17.9 Å². The number of hydrogen-bond acceptors (Lipinski definition) is 6. The number of halogens is 1. The first-order valence-electron chi connectivity index (χ1n) is 7.34. The van der Waals surface area contributed by atoms with Gasteiger partial charge in [0, 0.05) is 17.1 Å². The molecule has 1 unspecified atom stereocenters. The smallest absolute Gasteiger partial charge is 0.246 e. The molecule has 2 heterocycles. The number of rotatable bonds is 3. The van der Waals surface area contributed by atoms with E-state index in [1.165, 1.54) is 12.4 Å². The van der Waals surface area contributed by atoms with Gasteiger partial charge in [0.05, 0.1) is 19.3 Å². The number of carbonyl (C=O) groups excluding carboxylic acids is 1. The quantitative estimate of drug-likeness (QED) is 0.853. The van der Waals surface area contributed by atoms with Gasteiger partial charge in [0.2, 0.25) is 11.9 Å². The van der Waals surface area contributed by atoms with Crippen LogP contribution in [0.15, 0.2) is 37.2 Å². The number of nitrogen functional groups attached to an aromatic ring is 1. The van der Waals surface area contributed by atoms with Gasteiger partial charge in [-0.2, -0.15) is 4.98 Å². The van der Waals surface area contributed by atoms with Crippen LogP contribution in [0.3, 0.4) is 0 Å². The fourth-order valence-corrected chi connectivity index (χ4v) is 2.89. The summed E-state index contributed by atoms with van der Waals surface area (Å²) in [5, 5.41) is 0.512. The highest BCUT2D eigenvalue weighted by Crippen LogP contribution is 2.30. The van der Waals surface area contributed by atoms with Gasteiger partial charge in [-0.25, -0.2) is 9.97 Å². The summed E-state index contributed by atoms with van der Waals surface area (Å²) in [7, 11) is 0. The lowest BCUT2D eigenvalue weighted by Gasteiger charge is -2.35. The summed E-state index contributed by atoms with van der Waals surface area (Å²) < 4.78 is 5.53. The molecule has 124 valence electrons. The molecule has 2 aromatic rings. The van der Waals surface area contributed by atoms with Gasteiger partial charge in [0.15, 0.2) is 5.82 Å². The van der Waals surface area contributed by atoms with E-state index in [9.17, 15) is 4.79 Å². The van der Waals surface area contributed by atoms with E-state index in [0.29, 0.717) is 36.2 Å². The van der Waals surface area contributed by atoms with E-state index in [0.717, 1.165) is 5.56 Å². The summed E-state index contributed by atoms with van der Waals surface area (Å²) in [6, 6.07) is 5.17. The lowest BCUT2D eigenvalue weighted by molar-refractivity contribution is -0.134. The third kappa shape index (κ3) is 3.37. The standard InChI is InChI=1S/C16H16ClN5O2/c1-2-14(23)22-3-4-24-8-13(22)10-5-11(7-12(17)6-10)15-19-9-20-16(18)21-15/h2,5-7,9,13H,1,3-4,8H2,(H2,18,19,20,21). The molecule has 0 aliphatic carbocycles. The fraction of sp³-hybridized carbons (Fsp3) is 0.250. The van der Waals surface area contributed by atoms with Crippen LogP contribution in [-0.4, -0.2) is 45.5 Å². The molecule has 1 aromatic carbocycles. The average Bonchev–Trinajstić information content (AvgIpc) is 2.60. The molecular weight excluding hydrogens is 330 g/mol. The maximum Gasteiger partial charge on any atom is 0.246 e. The molecular formula is C16H16ClN5O2. The Morgan fingerprint density at radius 1 is 1.42 bits per heavy atom. The van der Waals surface area contributed by atoms with E-state index in [1.807, 2.05) is 6.07 Å². The molecule has 1 atom stereocenters. The Morgan fingerprint density at radius 3 is 3.00 bits per heavy atom. The van der Waals surface area contributed by atoms with Crippen LogP contribution in [0.1, 0.15) is 11.6 Å². The molecule has 1 saturated heterocycles. The molecule has 0 saturated carbocycles. The van der Waals surface area contributed by atoms with Gasteiger partial charge >= 0.3 is 0 Å². The molecule has 1 amide bonds. The van der Waals surface area contributed by atoms with Crippen molar-refractivity contribution in [3.05, 3.63) is 47.8 Å². The second-order valence-electron chi connectivity index (χ2n) is 5.27. The number of nitrogens with zero attached hydrogens (tertiary/aromatic N) is 4. The Kier molecular flexibility index (Phi) is 4.73. The van der Waals surface area contributed by atoms with Gasteiger partial charge in [-0.3, -0.25) is 4.79 Å². The maximum atomic E-state index is 12.1. The minimum Gasteiger partial charge on any atom is -0.377 e. The van der Waals surface area contributed by atoms with Crippen LogP contribution in [0.5, 0.6) is 0 Å². The molecule has 0 bridgehead atoms. The van der Waals surface area contributed by atoms with Crippen LogP contribution in [-0.2, 0) is 9.53 Å². The van der Waals surface area contributed by atoms with Gasteiger partial charge in [-0.1, -0.05) is 18.2 Å². The van der Waals surface area contributed by atoms with E-state index >= 15 is 0 Å². The fourth-order valence-electron chi connectivity index (χ4n) is 2.64. The van der Waals surface area contributed by atoms with E-state index in [1.54, 1.807) is 17.0 Å². The van der Waals surface area contributed by atoms with E-state index < -0.39 is 0 Å². The van der Waals surface area contributed by atoms with Gasteiger partial charge in [-0.15, -0.1) is 0 Å². The van der Waals surface area contributed by atoms with Crippen LogP contribution in [0.2, 0.25) is 5.02 Å². The van der Waals surface area contributed by atoms with Crippen LogP contribution in [0, 0.1) is 0 Å². The summed E-state index contributed by atoms with van der Waals surface area (Å²) in [4.78, 5) is 25.8. The van der Waals surface area contributed by atoms with Gasteiger partial charge < -0.3 is 15.4 Å². The van der Waals surface area contributed by atoms with Crippen LogP contribution >= 0.6 is 11.6 Å². The summed E-state index contributed by atoms with van der Waals surface area (Å²) in [6.45, 7) is 4.93. The van der Waals surface area contributed by atoms with Crippen molar-refractivity contribution in [3.8, 4) is 11.4 Å². The van der Waals surface area contributed by atoms with Crippen molar-refractivity contribution in [2.75, 3.05) is 25.5 Å². The molecule has 7 nitrogen and oxygen atoms in total. The lowest BCUT2D eigenvalue weighted by Crippen LogP contribution is -2.42. The predicted octanol–water partition coefficient (Wildman–Crippen LogP) is 1.86. The third-order valence-corrected chi connectivity index (χ3v) is 3.96. The first-order valence-corrected chi connectivity index (χ1v) is 7.72. The van der Waals surface area contributed by atoms with Crippen molar-refractivity contribution >= 4 is 23.5 Å². The lowest BCUT2D eigenvalue weighted by atomic mass is 10.0. The number of aromatic nitrogens is 3. The third-order valence-electron chi connectivity index (χ3n) is 3.74. The number of anilines is 1. The van der Waals surface area contributed by atoms with Gasteiger partial charge in [0.1, 0.15) is 6.33 Å². The average molecular weight is 346 g/mol. The number of hydrogen-bond donors (Lipinski definition) is 1. The monoisotopic (exact) mass is 345 g/mol. The number of morpholine rings is 1. The molecule has 1 fully saturated rings. The van der Waals surface area contributed by atoms with Gasteiger partial charge in [-0.05, 0) is 29.8 Å². The van der Waals surface area contributed by atoms with Crippen LogP contribution in [0.4, 0.5) is 5.95 Å². The Morgan fingerprint density at radius 2 is 2.25 bits per heavy atom. The van der Waals surface area contributed by atoms with Crippen molar-refractivity contribution in [3.63, 3.8) is 0 Å². The zero-order valence-electron chi connectivity index (χ0n) is 12.9. The second kappa shape index (κ2) is 6.94. The largest absolute Gasteiger partial charge is 0.377 e. The topological polar surface area (TPSA) is 94.2 Å². The number of nitrogens with two attached hydrogens (primary N) is 1. The van der Waals surface area contributed by atoms with Crippen molar-refractivity contribution < 1.29 is 9.53 Å². The summed E-state index contributed by atoms with van der Waals surface area (Å²) >= 11 is 6.25. The number of ether oxygens (including phenoxy) is 1. The SMILES string of the molecule is C=CC(=O)N1CCOCC1c1cc(Cl)cc(-c2ncnc(N)n2)c1. The molecule has 24 heavy (non-hydrogen) atoms. The molecule has 2 N–H and O–H groups in total. The van der Waals surface area contributed by atoms with E-state index in [4.69, 9.17) is 22.1 Å². The summed E-state index contributed by atoms with van der Waals surface area (Å²) in [5.74, 6) is 0.407. The van der Waals surface area contributed by atoms with Crippen molar-refractivity contribution in [1.29, 1.82) is 0 Å². The Balaban J connectivity index is 2.01. The molecule has 1 aliphatic heterocycles. The highest BCUT2D eigenvalue weighted by Gasteiger charge is 2.28. The first kappa shape index (κ1) is 16.4. The highest BCUT2D eigenvalue weighted by atomic mass is 35.5. The van der Waals surface area contributed by atoms with Crippen molar-refractivity contribution in [2.24, 2.45) is 0 Å². The normalized spacial score (nSPS) is 17.5. The predicted molar refractivity (Wildman–Crippen MR) is 90.2 cm³/mol. The zero-order chi connectivity index (χ0) is 17.1. The Labute approximate surface area is 144 Å². The second-order valence-corrected chi connectivity index (χ2v) is 5.70. The van der Waals surface area contributed by atoms with Crippen molar-refractivity contribution in [2.45, 2.75) is 6.04 Å². The molecule has 8 heteroatoms. The van der Waals surface area contributed by atoms with Crippen LogP contribution in [0.25, 0.3) is 11.4 Å². The number of amides is 1. The summed E-state index contributed by atoms with van der Waals surface area (Å²) in [5.41, 5.74) is 7.15. The highest BCUT2D eigenvalue weighted by molar-refractivity contribution is 6.31. The Hall–Kier alpha value is -2.51. The minimum atomic E-state index is -0.249.